The highest BCUT2D eigenvalue weighted by Gasteiger charge is 2.34. The highest BCUT2D eigenvalue weighted by molar-refractivity contribution is 7.86. The SMILES string of the molecule is Cc1ccc(N)cc1C(=O)N1CCN(S(=O)(=O)N2CCOCC2)CC1. The van der Waals surface area contributed by atoms with Gasteiger partial charge in [-0.15, -0.1) is 0 Å². The molecule has 0 aromatic heterocycles. The Bertz CT molecular complexity index is 739. The van der Waals surface area contributed by atoms with Crippen LogP contribution in [0.5, 0.6) is 0 Å². The molecule has 0 saturated carbocycles. The number of carbonyl (C=O) groups excluding carboxylic acids is 1. The molecule has 9 heteroatoms. The topological polar surface area (TPSA) is 96.2 Å². The van der Waals surface area contributed by atoms with Crippen LogP contribution in [0.25, 0.3) is 0 Å². The number of hydrogen-bond donors (Lipinski definition) is 1. The molecule has 2 fully saturated rings. The summed E-state index contributed by atoms with van der Waals surface area (Å²) in [5.41, 5.74) is 7.76. The predicted molar refractivity (Wildman–Crippen MR) is 94.4 cm³/mol. The third-order valence-corrected chi connectivity index (χ3v) is 6.68. The van der Waals surface area contributed by atoms with Gasteiger partial charge in [0.2, 0.25) is 0 Å². The van der Waals surface area contributed by atoms with Crippen LogP contribution in [0.3, 0.4) is 0 Å². The van der Waals surface area contributed by atoms with Crippen LogP contribution in [0.15, 0.2) is 18.2 Å². The fourth-order valence-electron chi connectivity index (χ4n) is 3.10. The van der Waals surface area contributed by atoms with Crippen molar-refractivity contribution in [1.82, 2.24) is 13.5 Å². The van der Waals surface area contributed by atoms with E-state index in [1.807, 2.05) is 13.0 Å². The third kappa shape index (κ3) is 3.79. The number of nitrogen functional groups attached to an aromatic ring is 1. The van der Waals surface area contributed by atoms with Gasteiger partial charge in [-0.25, -0.2) is 0 Å². The summed E-state index contributed by atoms with van der Waals surface area (Å²) in [6.07, 6.45) is 0. The van der Waals surface area contributed by atoms with E-state index in [4.69, 9.17) is 10.5 Å². The van der Waals surface area contributed by atoms with Crippen molar-refractivity contribution >= 4 is 21.8 Å². The predicted octanol–water partition coefficient (Wildman–Crippen LogP) is -0.0880. The molecule has 2 heterocycles. The molecule has 138 valence electrons. The van der Waals surface area contributed by atoms with Crippen molar-refractivity contribution in [2.75, 3.05) is 58.2 Å². The number of amides is 1. The van der Waals surface area contributed by atoms with Crippen molar-refractivity contribution in [3.8, 4) is 0 Å². The smallest absolute Gasteiger partial charge is 0.282 e. The maximum Gasteiger partial charge on any atom is 0.282 e. The van der Waals surface area contributed by atoms with E-state index in [0.29, 0.717) is 63.7 Å². The molecule has 0 atom stereocenters. The average molecular weight is 368 g/mol. The fraction of sp³-hybridized carbons (Fsp3) is 0.562. The maximum absolute atomic E-state index is 12.7. The summed E-state index contributed by atoms with van der Waals surface area (Å²) in [6.45, 7) is 4.81. The molecule has 0 unspecified atom stereocenters. The van der Waals surface area contributed by atoms with E-state index in [9.17, 15) is 13.2 Å². The Morgan fingerprint density at radius 2 is 1.64 bits per heavy atom. The number of ether oxygens (including phenoxy) is 1. The maximum atomic E-state index is 12.7. The van der Waals surface area contributed by atoms with Gasteiger partial charge in [0.25, 0.3) is 16.1 Å². The van der Waals surface area contributed by atoms with Crippen LogP contribution in [-0.4, -0.2) is 80.3 Å². The molecule has 1 amide bonds. The van der Waals surface area contributed by atoms with Gasteiger partial charge < -0.3 is 15.4 Å². The van der Waals surface area contributed by atoms with Crippen molar-refractivity contribution in [1.29, 1.82) is 0 Å². The second-order valence-electron chi connectivity index (χ2n) is 6.28. The van der Waals surface area contributed by atoms with E-state index in [1.54, 1.807) is 17.0 Å². The zero-order valence-electron chi connectivity index (χ0n) is 14.3. The lowest BCUT2D eigenvalue weighted by Crippen LogP contribution is -2.55. The molecule has 8 nitrogen and oxygen atoms in total. The van der Waals surface area contributed by atoms with Crippen LogP contribution in [0.4, 0.5) is 5.69 Å². The van der Waals surface area contributed by atoms with E-state index < -0.39 is 10.2 Å². The highest BCUT2D eigenvalue weighted by Crippen LogP contribution is 2.18. The molecule has 0 bridgehead atoms. The first-order valence-electron chi connectivity index (χ1n) is 8.38. The summed E-state index contributed by atoms with van der Waals surface area (Å²) in [5, 5.41) is 0. The van der Waals surface area contributed by atoms with Gasteiger partial charge in [-0.1, -0.05) is 6.07 Å². The Hall–Kier alpha value is -1.68. The number of anilines is 1. The van der Waals surface area contributed by atoms with Crippen molar-refractivity contribution < 1.29 is 17.9 Å². The molecule has 1 aromatic rings. The van der Waals surface area contributed by atoms with Crippen molar-refractivity contribution in [3.05, 3.63) is 29.3 Å². The Morgan fingerprint density at radius 3 is 2.28 bits per heavy atom. The number of carbonyl (C=O) groups is 1. The second kappa shape index (κ2) is 7.28. The van der Waals surface area contributed by atoms with Crippen LogP contribution in [0.2, 0.25) is 0 Å². The van der Waals surface area contributed by atoms with Gasteiger partial charge in [0.05, 0.1) is 13.2 Å². The molecular weight excluding hydrogens is 344 g/mol. The molecule has 0 aliphatic carbocycles. The third-order valence-electron chi connectivity index (χ3n) is 4.64. The average Bonchev–Trinajstić information content (AvgIpc) is 2.64. The van der Waals surface area contributed by atoms with Crippen molar-refractivity contribution in [3.63, 3.8) is 0 Å². The highest BCUT2D eigenvalue weighted by atomic mass is 32.2. The molecule has 25 heavy (non-hydrogen) atoms. The largest absolute Gasteiger partial charge is 0.399 e. The molecule has 0 radical (unpaired) electrons. The minimum atomic E-state index is -3.49. The number of nitrogens with zero attached hydrogens (tertiary/aromatic N) is 3. The number of aryl methyl sites for hydroxylation is 1. The van der Waals surface area contributed by atoms with Crippen molar-refractivity contribution in [2.45, 2.75) is 6.92 Å². The lowest BCUT2D eigenvalue weighted by atomic mass is 10.1. The van der Waals surface area contributed by atoms with E-state index in [-0.39, 0.29) is 5.91 Å². The fourth-order valence-corrected chi connectivity index (χ4v) is 4.66. The first-order valence-corrected chi connectivity index (χ1v) is 9.77. The molecule has 3 rings (SSSR count). The molecule has 0 spiro atoms. The number of rotatable bonds is 3. The van der Waals surface area contributed by atoms with Gasteiger partial charge in [-0.3, -0.25) is 4.79 Å². The molecule has 2 aliphatic rings. The number of benzene rings is 1. The van der Waals surface area contributed by atoms with E-state index in [0.717, 1.165) is 5.56 Å². The molecule has 2 N–H and O–H groups in total. The van der Waals surface area contributed by atoms with Gasteiger partial charge in [0.1, 0.15) is 0 Å². The number of hydrogen-bond acceptors (Lipinski definition) is 5. The van der Waals surface area contributed by atoms with E-state index in [1.165, 1.54) is 8.61 Å². The van der Waals surface area contributed by atoms with Gasteiger partial charge in [0, 0.05) is 50.5 Å². The van der Waals surface area contributed by atoms with Crippen LogP contribution in [0.1, 0.15) is 15.9 Å². The summed E-state index contributed by atoms with van der Waals surface area (Å²) in [4.78, 5) is 14.4. The minimum Gasteiger partial charge on any atom is -0.399 e. The number of piperazine rings is 1. The van der Waals surface area contributed by atoms with Crippen LogP contribution < -0.4 is 5.73 Å². The normalized spacial score (nSPS) is 20.6. The van der Waals surface area contributed by atoms with Crippen molar-refractivity contribution in [2.24, 2.45) is 0 Å². The molecule has 2 saturated heterocycles. The number of nitrogens with two attached hydrogens (primary N) is 1. The first kappa shape index (κ1) is 18.1. The van der Waals surface area contributed by atoms with Gasteiger partial charge in [0.15, 0.2) is 0 Å². The second-order valence-corrected chi connectivity index (χ2v) is 8.21. The summed E-state index contributed by atoms with van der Waals surface area (Å²) in [6, 6.07) is 5.26. The summed E-state index contributed by atoms with van der Waals surface area (Å²) >= 11 is 0. The standard InChI is InChI=1S/C16H24N4O4S/c1-13-2-3-14(17)12-15(13)16(21)18-4-6-19(7-5-18)25(22,23)20-8-10-24-11-9-20/h2-3,12H,4-11,17H2,1H3. The minimum absolute atomic E-state index is 0.103. The lowest BCUT2D eigenvalue weighted by Gasteiger charge is -2.37. The lowest BCUT2D eigenvalue weighted by molar-refractivity contribution is 0.0636. The molecule has 2 aliphatic heterocycles. The Morgan fingerprint density at radius 1 is 1.04 bits per heavy atom. The van der Waals surface area contributed by atoms with Gasteiger partial charge in [-0.05, 0) is 24.6 Å². The summed E-state index contributed by atoms with van der Waals surface area (Å²) in [7, 11) is -3.49. The van der Waals surface area contributed by atoms with E-state index >= 15 is 0 Å². The first-order chi connectivity index (χ1) is 11.9. The van der Waals surface area contributed by atoms with E-state index in [2.05, 4.69) is 0 Å². The zero-order valence-corrected chi connectivity index (χ0v) is 15.2. The Balaban J connectivity index is 1.65. The van der Waals surface area contributed by atoms with Gasteiger partial charge in [-0.2, -0.15) is 17.0 Å². The van der Waals surface area contributed by atoms with Crippen LogP contribution in [-0.2, 0) is 14.9 Å². The molecule has 1 aromatic carbocycles. The monoisotopic (exact) mass is 368 g/mol. The van der Waals surface area contributed by atoms with Crippen LogP contribution in [0, 0.1) is 6.92 Å². The summed E-state index contributed by atoms with van der Waals surface area (Å²) < 4.78 is 33.4. The summed E-state index contributed by atoms with van der Waals surface area (Å²) in [5.74, 6) is -0.103. The van der Waals surface area contributed by atoms with Crippen LogP contribution >= 0.6 is 0 Å². The zero-order chi connectivity index (χ0) is 18.0. The quantitative estimate of drug-likeness (QED) is 0.753. The Labute approximate surface area is 148 Å². The molecular formula is C16H24N4O4S. The number of morpholine rings is 1. The Kier molecular flexibility index (Phi) is 5.28. The van der Waals surface area contributed by atoms with Gasteiger partial charge >= 0.3 is 0 Å².